The third kappa shape index (κ3) is 5.63. The Morgan fingerprint density at radius 3 is 2.46 bits per heavy atom. The van der Waals surface area contributed by atoms with Crippen LogP contribution in [0.25, 0.3) is 5.76 Å². The lowest BCUT2D eigenvalue weighted by Crippen LogP contribution is -2.32. The topological polar surface area (TPSA) is 85.3 Å². The third-order valence-corrected chi connectivity index (χ3v) is 6.53. The lowest BCUT2D eigenvalue weighted by molar-refractivity contribution is -0.140. The monoisotopic (exact) mass is 521 g/mol. The number of methoxy groups -OCH3 is 2. The molecule has 37 heavy (non-hydrogen) atoms. The molecule has 1 fully saturated rings. The minimum atomic E-state index is -0.861. The number of carbonyl (C=O) groups excluding carboxylic acids is 2. The lowest BCUT2D eigenvalue weighted by Gasteiger charge is -2.25. The van der Waals surface area contributed by atoms with Gasteiger partial charge in [-0.25, -0.2) is 0 Å². The molecule has 1 heterocycles. The second-order valence-corrected chi connectivity index (χ2v) is 9.09. The van der Waals surface area contributed by atoms with E-state index in [2.05, 4.69) is 0 Å². The number of carbonyl (C=O) groups is 2. The average Bonchev–Trinajstić information content (AvgIpc) is 3.16. The molecule has 0 bridgehead atoms. The van der Waals surface area contributed by atoms with Crippen LogP contribution in [0.4, 0.5) is 0 Å². The minimum Gasteiger partial charge on any atom is -0.507 e. The fourth-order valence-corrected chi connectivity index (χ4v) is 4.44. The summed E-state index contributed by atoms with van der Waals surface area (Å²) >= 11 is 6.36. The van der Waals surface area contributed by atoms with Crippen molar-refractivity contribution < 1.29 is 28.9 Å². The largest absolute Gasteiger partial charge is 0.507 e. The number of hydrogen-bond acceptors (Lipinski definition) is 6. The maximum Gasteiger partial charge on any atom is 0.295 e. The van der Waals surface area contributed by atoms with Gasteiger partial charge in [0.15, 0.2) is 0 Å². The molecular formula is C29H28ClNO6. The summed E-state index contributed by atoms with van der Waals surface area (Å²) in [5, 5.41) is 11.5. The van der Waals surface area contributed by atoms with Crippen molar-refractivity contribution in [2.75, 3.05) is 27.4 Å². The number of aliphatic hydroxyl groups is 1. The number of halogens is 1. The van der Waals surface area contributed by atoms with Crippen molar-refractivity contribution in [3.05, 3.63) is 99.6 Å². The number of Topliss-reactive ketones (excluding diaryl/α,β-unsaturated/α-hetero) is 1. The van der Waals surface area contributed by atoms with Gasteiger partial charge in [-0.15, -0.1) is 0 Å². The van der Waals surface area contributed by atoms with Crippen molar-refractivity contribution in [2.24, 2.45) is 0 Å². The maximum atomic E-state index is 13.2. The van der Waals surface area contributed by atoms with Gasteiger partial charge in [0.1, 0.15) is 23.9 Å². The molecule has 1 N–H and O–H groups in total. The predicted octanol–water partition coefficient (Wildman–Crippen LogP) is 5.30. The van der Waals surface area contributed by atoms with E-state index in [1.807, 2.05) is 31.2 Å². The highest BCUT2D eigenvalue weighted by Gasteiger charge is 2.46. The minimum absolute atomic E-state index is 0.0630. The highest BCUT2D eigenvalue weighted by molar-refractivity contribution is 6.47. The summed E-state index contributed by atoms with van der Waals surface area (Å²) in [6, 6.07) is 19.0. The number of ether oxygens (including phenoxy) is 3. The third-order valence-electron chi connectivity index (χ3n) is 6.20. The first-order chi connectivity index (χ1) is 17.8. The van der Waals surface area contributed by atoms with Gasteiger partial charge in [0.2, 0.25) is 0 Å². The molecule has 1 amide bonds. The molecule has 0 radical (unpaired) electrons. The Labute approximate surface area is 220 Å². The van der Waals surface area contributed by atoms with E-state index in [1.165, 1.54) is 25.2 Å². The number of rotatable bonds is 9. The van der Waals surface area contributed by atoms with Crippen LogP contribution in [0.5, 0.6) is 11.5 Å². The Balaban J connectivity index is 1.75. The summed E-state index contributed by atoms with van der Waals surface area (Å²) in [6.45, 7) is 2.75. The first kappa shape index (κ1) is 26.3. The van der Waals surface area contributed by atoms with Crippen molar-refractivity contribution in [3.63, 3.8) is 0 Å². The van der Waals surface area contributed by atoms with Crippen molar-refractivity contribution in [1.82, 2.24) is 4.90 Å². The lowest BCUT2D eigenvalue weighted by atomic mass is 9.95. The number of nitrogens with zero attached hydrogens (tertiary/aromatic N) is 1. The van der Waals surface area contributed by atoms with Gasteiger partial charge in [0, 0.05) is 19.2 Å². The summed E-state index contributed by atoms with van der Waals surface area (Å²) in [6.07, 6.45) is 0. The quantitative estimate of drug-likeness (QED) is 0.233. The van der Waals surface area contributed by atoms with Crippen LogP contribution in [0.15, 0.2) is 72.3 Å². The van der Waals surface area contributed by atoms with Crippen molar-refractivity contribution >= 4 is 29.1 Å². The molecule has 1 aliphatic rings. The molecular weight excluding hydrogens is 494 g/mol. The number of benzene rings is 3. The molecule has 0 spiro atoms. The summed E-state index contributed by atoms with van der Waals surface area (Å²) in [5.41, 5.74) is 2.91. The molecule has 0 saturated carbocycles. The summed E-state index contributed by atoms with van der Waals surface area (Å²) in [5.74, 6) is -0.896. The van der Waals surface area contributed by atoms with E-state index in [4.69, 9.17) is 25.8 Å². The fraction of sp³-hybridized carbons (Fsp3) is 0.241. The Kier molecular flexibility index (Phi) is 8.16. The number of hydrogen-bond donors (Lipinski definition) is 1. The molecule has 7 nitrogen and oxygen atoms in total. The number of aryl methyl sites for hydroxylation is 1. The second kappa shape index (κ2) is 11.5. The zero-order valence-electron chi connectivity index (χ0n) is 20.9. The van der Waals surface area contributed by atoms with Crippen LogP contribution in [0.3, 0.4) is 0 Å². The Bertz CT molecular complexity index is 1330. The van der Waals surface area contributed by atoms with E-state index in [0.717, 1.165) is 11.1 Å². The van der Waals surface area contributed by atoms with Crippen molar-refractivity contribution in [2.45, 2.75) is 19.6 Å². The van der Waals surface area contributed by atoms with E-state index in [-0.39, 0.29) is 35.1 Å². The summed E-state index contributed by atoms with van der Waals surface area (Å²) < 4.78 is 16.4. The molecule has 3 aromatic rings. The van der Waals surface area contributed by atoms with E-state index in [1.54, 1.807) is 36.4 Å². The van der Waals surface area contributed by atoms with Gasteiger partial charge in [0.05, 0.1) is 30.4 Å². The van der Waals surface area contributed by atoms with Gasteiger partial charge in [-0.3, -0.25) is 9.59 Å². The first-order valence-electron chi connectivity index (χ1n) is 11.7. The van der Waals surface area contributed by atoms with Crippen LogP contribution in [-0.2, 0) is 20.9 Å². The Hall–Kier alpha value is -3.81. The van der Waals surface area contributed by atoms with Gasteiger partial charge >= 0.3 is 0 Å². The molecule has 1 saturated heterocycles. The van der Waals surface area contributed by atoms with Crippen LogP contribution < -0.4 is 9.47 Å². The van der Waals surface area contributed by atoms with Gasteiger partial charge in [0.25, 0.3) is 11.7 Å². The van der Waals surface area contributed by atoms with E-state index in [0.29, 0.717) is 23.7 Å². The van der Waals surface area contributed by atoms with Gasteiger partial charge in [-0.05, 0) is 48.4 Å². The molecule has 1 aliphatic heterocycles. The standard InChI is InChI=1S/C29H28ClNO6/c1-18-7-9-19(10-8-18)17-37-22-6-4-5-20(15-22)26-25(28(33)29(34)31(26)13-14-35-2)27(32)23-16-21(36-3)11-12-24(23)30/h4-12,15-16,26,32H,13-14,17H2,1-3H3/b27-25+. The van der Waals surface area contributed by atoms with Crippen molar-refractivity contribution in [3.8, 4) is 11.5 Å². The van der Waals surface area contributed by atoms with E-state index in [9.17, 15) is 14.7 Å². The molecule has 3 aromatic carbocycles. The van der Waals surface area contributed by atoms with Crippen LogP contribution in [-0.4, -0.2) is 49.1 Å². The number of likely N-dealkylation sites (tertiary alicyclic amines) is 1. The van der Waals surface area contributed by atoms with Crippen molar-refractivity contribution in [1.29, 1.82) is 0 Å². The zero-order valence-corrected chi connectivity index (χ0v) is 21.6. The molecule has 4 rings (SSSR count). The van der Waals surface area contributed by atoms with E-state index >= 15 is 0 Å². The van der Waals surface area contributed by atoms with Gasteiger partial charge in [-0.1, -0.05) is 53.6 Å². The Morgan fingerprint density at radius 2 is 1.76 bits per heavy atom. The fourth-order valence-electron chi connectivity index (χ4n) is 4.23. The zero-order chi connectivity index (χ0) is 26.5. The van der Waals surface area contributed by atoms with Crippen LogP contribution in [0.1, 0.15) is 28.3 Å². The normalized spacial score (nSPS) is 16.8. The number of amides is 1. The molecule has 1 atom stereocenters. The Morgan fingerprint density at radius 1 is 1.00 bits per heavy atom. The van der Waals surface area contributed by atoms with Gasteiger partial charge < -0.3 is 24.2 Å². The SMILES string of the molecule is COCCN1C(=O)C(=O)/C(=C(/O)c2cc(OC)ccc2Cl)C1c1cccc(OCc2ccc(C)cc2)c1. The second-order valence-electron chi connectivity index (χ2n) is 8.68. The first-order valence-corrected chi connectivity index (χ1v) is 12.1. The molecule has 1 unspecified atom stereocenters. The number of aliphatic hydroxyl groups excluding tert-OH is 1. The van der Waals surface area contributed by atoms with Gasteiger partial charge in [-0.2, -0.15) is 0 Å². The number of ketones is 1. The smallest absolute Gasteiger partial charge is 0.295 e. The summed E-state index contributed by atoms with van der Waals surface area (Å²) in [7, 11) is 3.00. The highest BCUT2D eigenvalue weighted by atomic mass is 35.5. The maximum absolute atomic E-state index is 13.2. The predicted molar refractivity (Wildman–Crippen MR) is 141 cm³/mol. The highest BCUT2D eigenvalue weighted by Crippen LogP contribution is 2.41. The molecule has 0 aromatic heterocycles. The molecule has 192 valence electrons. The molecule has 0 aliphatic carbocycles. The van der Waals surface area contributed by atoms with Crippen LogP contribution in [0, 0.1) is 6.92 Å². The van der Waals surface area contributed by atoms with Crippen LogP contribution >= 0.6 is 11.6 Å². The summed E-state index contributed by atoms with van der Waals surface area (Å²) in [4.78, 5) is 27.7. The van der Waals surface area contributed by atoms with E-state index < -0.39 is 17.7 Å². The molecule has 8 heteroatoms. The average molecular weight is 522 g/mol. The van der Waals surface area contributed by atoms with Crippen LogP contribution in [0.2, 0.25) is 5.02 Å².